The molecule has 2 aromatic carbocycles. The Bertz CT molecular complexity index is 835. The van der Waals surface area contributed by atoms with E-state index in [0.717, 1.165) is 22.4 Å². The third kappa shape index (κ3) is 3.25. The summed E-state index contributed by atoms with van der Waals surface area (Å²) in [4.78, 5) is 20.1. The van der Waals surface area contributed by atoms with E-state index in [9.17, 15) is 4.79 Å². The standard InChI is InChI=1S/C19H21N3O2/c1-12(2)11-20-19(23)13-8-9-14(17(10-13)24-3)18-21-15-6-4-5-7-16(15)22-18/h4-10,12H,11H2,1-3H3,(H,20,23)(H,21,22). The normalized spacial score (nSPS) is 11.0. The van der Waals surface area contributed by atoms with Crippen LogP contribution in [0.1, 0.15) is 24.2 Å². The van der Waals surface area contributed by atoms with Gasteiger partial charge in [0.1, 0.15) is 11.6 Å². The predicted molar refractivity (Wildman–Crippen MR) is 95.3 cm³/mol. The molecule has 0 aliphatic heterocycles. The number of carbonyl (C=O) groups excluding carboxylic acids is 1. The number of aromatic amines is 1. The van der Waals surface area contributed by atoms with Crippen LogP contribution in [0.4, 0.5) is 0 Å². The summed E-state index contributed by atoms with van der Waals surface area (Å²) in [5.41, 5.74) is 3.27. The summed E-state index contributed by atoms with van der Waals surface area (Å²) in [6.45, 7) is 4.77. The second-order valence-corrected chi connectivity index (χ2v) is 6.12. The molecule has 1 amide bonds. The quantitative estimate of drug-likeness (QED) is 0.753. The number of H-pyrrole nitrogens is 1. The average molecular weight is 323 g/mol. The molecular weight excluding hydrogens is 302 g/mol. The highest BCUT2D eigenvalue weighted by Crippen LogP contribution is 2.30. The molecule has 0 atom stereocenters. The van der Waals surface area contributed by atoms with Crippen LogP contribution in [0.3, 0.4) is 0 Å². The number of nitrogens with one attached hydrogen (secondary N) is 2. The largest absolute Gasteiger partial charge is 0.496 e. The number of methoxy groups -OCH3 is 1. The van der Waals surface area contributed by atoms with Gasteiger partial charge >= 0.3 is 0 Å². The van der Waals surface area contributed by atoms with Crippen LogP contribution in [-0.2, 0) is 0 Å². The number of aromatic nitrogens is 2. The lowest BCUT2D eigenvalue weighted by molar-refractivity contribution is 0.0948. The maximum absolute atomic E-state index is 12.2. The highest BCUT2D eigenvalue weighted by molar-refractivity contribution is 5.95. The van der Waals surface area contributed by atoms with Gasteiger partial charge in [0.05, 0.1) is 23.7 Å². The molecule has 124 valence electrons. The second kappa shape index (κ2) is 6.74. The van der Waals surface area contributed by atoms with E-state index in [1.54, 1.807) is 19.2 Å². The topological polar surface area (TPSA) is 67.0 Å². The van der Waals surface area contributed by atoms with Crippen molar-refractivity contribution in [2.45, 2.75) is 13.8 Å². The lowest BCUT2D eigenvalue weighted by Gasteiger charge is -2.11. The fourth-order valence-corrected chi connectivity index (χ4v) is 2.51. The number of ether oxygens (including phenoxy) is 1. The van der Waals surface area contributed by atoms with Gasteiger partial charge in [-0.15, -0.1) is 0 Å². The van der Waals surface area contributed by atoms with E-state index in [1.807, 2.05) is 30.3 Å². The maximum atomic E-state index is 12.2. The lowest BCUT2D eigenvalue weighted by Crippen LogP contribution is -2.27. The number of para-hydroxylation sites is 2. The lowest BCUT2D eigenvalue weighted by atomic mass is 10.1. The van der Waals surface area contributed by atoms with Crippen LogP contribution < -0.4 is 10.1 Å². The summed E-state index contributed by atoms with van der Waals surface area (Å²) in [6.07, 6.45) is 0. The van der Waals surface area contributed by atoms with Crippen LogP contribution in [-0.4, -0.2) is 29.5 Å². The first-order valence-corrected chi connectivity index (χ1v) is 8.00. The zero-order chi connectivity index (χ0) is 17.1. The monoisotopic (exact) mass is 323 g/mol. The Kier molecular flexibility index (Phi) is 4.51. The smallest absolute Gasteiger partial charge is 0.251 e. The van der Waals surface area contributed by atoms with E-state index in [-0.39, 0.29) is 5.91 Å². The van der Waals surface area contributed by atoms with Gasteiger partial charge in [-0.1, -0.05) is 26.0 Å². The van der Waals surface area contributed by atoms with Crippen molar-refractivity contribution in [3.63, 3.8) is 0 Å². The summed E-state index contributed by atoms with van der Waals surface area (Å²) in [5.74, 6) is 1.65. The summed E-state index contributed by atoms with van der Waals surface area (Å²) in [5, 5.41) is 2.91. The number of carbonyl (C=O) groups is 1. The van der Waals surface area contributed by atoms with Gasteiger partial charge in [0, 0.05) is 12.1 Å². The highest BCUT2D eigenvalue weighted by atomic mass is 16.5. The number of amides is 1. The van der Waals surface area contributed by atoms with Crippen LogP contribution in [0, 0.1) is 5.92 Å². The van der Waals surface area contributed by atoms with Crippen LogP contribution in [0.15, 0.2) is 42.5 Å². The van der Waals surface area contributed by atoms with Crippen LogP contribution in [0.2, 0.25) is 0 Å². The van der Waals surface area contributed by atoms with Crippen LogP contribution in [0.5, 0.6) is 5.75 Å². The Morgan fingerprint density at radius 3 is 2.75 bits per heavy atom. The fraction of sp³-hybridized carbons (Fsp3) is 0.263. The van der Waals surface area contributed by atoms with Gasteiger partial charge in [-0.25, -0.2) is 4.98 Å². The molecule has 5 heteroatoms. The van der Waals surface area contributed by atoms with E-state index in [1.165, 1.54) is 0 Å². The molecular formula is C19H21N3O2. The Balaban J connectivity index is 1.93. The van der Waals surface area contributed by atoms with Crippen molar-refractivity contribution in [1.29, 1.82) is 0 Å². The van der Waals surface area contributed by atoms with E-state index in [0.29, 0.717) is 23.8 Å². The molecule has 0 bridgehead atoms. The first-order chi connectivity index (χ1) is 11.6. The summed E-state index contributed by atoms with van der Waals surface area (Å²) >= 11 is 0. The fourth-order valence-electron chi connectivity index (χ4n) is 2.51. The molecule has 3 aromatic rings. The third-order valence-electron chi connectivity index (χ3n) is 3.78. The minimum atomic E-state index is -0.0989. The molecule has 0 aliphatic rings. The number of fused-ring (bicyclic) bond motifs is 1. The maximum Gasteiger partial charge on any atom is 0.251 e. The first-order valence-electron chi connectivity index (χ1n) is 8.00. The molecule has 3 rings (SSSR count). The zero-order valence-corrected chi connectivity index (χ0v) is 14.1. The van der Waals surface area contributed by atoms with Gasteiger partial charge < -0.3 is 15.0 Å². The van der Waals surface area contributed by atoms with E-state index >= 15 is 0 Å². The Morgan fingerprint density at radius 2 is 2.04 bits per heavy atom. The minimum absolute atomic E-state index is 0.0989. The summed E-state index contributed by atoms with van der Waals surface area (Å²) in [7, 11) is 1.59. The molecule has 0 fully saturated rings. The Morgan fingerprint density at radius 1 is 1.25 bits per heavy atom. The van der Waals surface area contributed by atoms with Gasteiger partial charge in [-0.05, 0) is 36.2 Å². The molecule has 1 heterocycles. The minimum Gasteiger partial charge on any atom is -0.496 e. The number of hydrogen-bond acceptors (Lipinski definition) is 3. The van der Waals surface area contributed by atoms with Crippen molar-refractivity contribution in [3.05, 3.63) is 48.0 Å². The number of hydrogen-bond donors (Lipinski definition) is 2. The van der Waals surface area contributed by atoms with Gasteiger partial charge in [0.15, 0.2) is 0 Å². The van der Waals surface area contributed by atoms with Crippen molar-refractivity contribution in [3.8, 4) is 17.1 Å². The van der Waals surface area contributed by atoms with Gasteiger partial charge in [0.25, 0.3) is 5.91 Å². The molecule has 24 heavy (non-hydrogen) atoms. The molecule has 0 spiro atoms. The molecule has 0 saturated carbocycles. The molecule has 5 nitrogen and oxygen atoms in total. The Hall–Kier alpha value is -2.82. The average Bonchev–Trinajstić information content (AvgIpc) is 3.02. The number of benzene rings is 2. The highest BCUT2D eigenvalue weighted by Gasteiger charge is 2.14. The van der Waals surface area contributed by atoms with Crippen LogP contribution in [0.25, 0.3) is 22.4 Å². The number of rotatable bonds is 5. The summed E-state index contributed by atoms with van der Waals surface area (Å²) < 4.78 is 5.47. The Labute approximate surface area is 141 Å². The molecule has 0 radical (unpaired) electrons. The molecule has 2 N–H and O–H groups in total. The summed E-state index contributed by atoms with van der Waals surface area (Å²) in [6, 6.07) is 13.2. The van der Waals surface area contributed by atoms with Crippen LogP contribution >= 0.6 is 0 Å². The van der Waals surface area contributed by atoms with Gasteiger partial charge in [-0.3, -0.25) is 4.79 Å². The number of nitrogens with zero attached hydrogens (tertiary/aromatic N) is 1. The van der Waals surface area contributed by atoms with E-state index in [4.69, 9.17) is 4.74 Å². The molecule has 0 unspecified atom stereocenters. The molecule has 1 aromatic heterocycles. The van der Waals surface area contributed by atoms with E-state index in [2.05, 4.69) is 29.1 Å². The van der Waals surface area contributed by atoms with Crippen molar-refractivity contribution in [1.82, 2.24) is 15.3 Å². The van der Waals surface area contributed by atoms with Gasteiger partial charge in [-0.2, -0.15) is 0 Å². The van der Waals surface area contributed by atoms with Crippen molar-refractivity contribution < 1.29 is 9.53 Å². The third-order valence-corrected chi connectivity index (χ3v) is 3.78. The van der Waals surface area contributed by atoms with Crippen molar-refractivity contribution >= 4 is 16.9 Å². The van der Waals surface area contributed by atoms with Gasteiger partial charge in [0.2, 0.25) is 0 Å². The number of imidazole rings is 1. The second-order valence-electron chi connectivity index (χ2n) is 6.12. The van der Waals surface area contributed by atoms with E-state index < -0.39 is 0 Å². The first kappa shape index (κ1) is 16.1. The molecule has 0 aliphatic carbocycles. The van der Waals surface area contributed by atoms with Crippen molar-refractivity contribution in [2.75, 3.05) is 13.7 Å². The van der Waals surface area contributed by atoms with Crippen molar-refractivity contribution in [2.24, 2.45) is 5.92 Å². The molecule has 0 saturated heterocycles. The predicted octanol–water partition coefficient (Wildman–Crippen LogP) is 3.62. The SMILES string of the molecule is COc1cc(C(=O)NCC(C)C)ccc1-c1nc2ccccc2[nH]1. The zero-order valence-electron chi connectivity index (χ0n) is 14.1.